The number of imide groups is 1. The Morgan fingerprint density at radius 3 is 2.48 bits per heavy atom. The number of rotatable bonds is 9. The highest BCUT2D eigenvalue weighted by molar-refractivity contribution is 9.09. The Balaban J connectivity index is 1.61. The number of carboxylic acid groups (broad SMARTS) is 1. The minimum atomic E-state index is -2.00. The Labute approximate surface area is 240 Å². The van der Waals surface area contributed by atoms with Crippen molar-refractivity contribution in [2.24, 2.45) is 0 Å². The number of piperazine rings is 1. The van der Waals surface area contributed by atoms with Gasteiger partial charge in [0.15, 0.2) is 0 Å². The lowest BCUT2D eigenvalue weighted by molar-refractivity contribution is -0.163. The second-order valence-electron chi connectivity index (χ2n) is 8.92. The summed E-state index contributed by atoms with van der Waals surface area (Å²) in [6.45, 7) is 2.03. The van der Waals surface area contributed by atoms with Gasteiger partial charge in [-0.15, -0.1) is 11.8 Å². The molecular weight excluding hydrogens is 612 g/mol. The fourth-order valence-corrected chi connectivity index (χ4v) is 6.84. The lowest BCUT2D eigenvalue weighted by Crippen LogP contribution is -2.85. The molecule has 0 unspecified atom stereocenters. The number of β-lactam (4-membered cyclic amide) rings is 1. The minimum absolute atomic E-state index is 0.0869. The Hall–Kier alpha value is -3.92. The molecule has 1 aromatic rings. The van der Waals surface area contributed by atoms with E-state index in [4.69, 9.17) is 0 Å². The Kier molecular flexibility index (Phi) is 8.48. The van der Waals surface area contributed by atoms with Gasteiger partial charge in [-0.05, 0) is 18.1 Å². The number of halogens is 1. The van der Waals surface area contributed by atoms with Gasteiger partial charge < -0.3 is 26.0 Å². The van der Waals surface area contributed by atoms with Crippen molar-refractivity contribution < 1.29 is 38.7 Å². The van der Waals surface area contributed by atoms with Crippen molar-refractivity contribution in [2.75, 3.05) is 30.7 Å². The van der Waals surface area contributed by atoms with E-state index in [-0.39, 0.29) is 41.8 Å². The average molecular weight is 637 g/mol. The first-order valence-corrected chi connectivity index (χ1v) is 14.2. The zero-order valence-electron chi connectivity index (χ0n) is 21.1. The topological polar surface area (TPSA) is 186 Å². The summed E-state index contributed by atoms with van der Waals surface area (Å²) >= 11 is 4.36. The molecule has 7 amide bonds. The first-order chi connectivity index (χ1) is 19.1. The van der Waals surface area contributed by atoms with Gasteiger partial charge in [-0.2, -0.15) is 0 Å². The van der Waals surface area contributed by atoms with Gasteiger partial charge in [0, 0.05) is 30.7 Å². The molecule has 3 aliphatic heterocycles. The molecule has 2 fully saturated rings. The summed E-state index contributed by atoms with van der Waals surface area (Å²) in [5, 5.41) is 16.2. The molecule has 3 atom stereocenters. The number of alkyl halides is 1. The van der Waals surface area contributed by atoms with Crippen LogP contribution in [0, 0.1) is 0 Å². The van der Waals surface area contributed by atoms with Crippen molar-refractivity contribution in [3.8, 4) is 0 Å². The predicted octanol–water partition coefficient (Wildman–Crippen LogP) is -0.665. The molecule has 4 rings (SSSR count). The highest BCUT2D eigenvalue weighted by Crippen LogP contribution is 2.45. The lowest BCUT2D eigenvalue weighted by atomic mass is 9.94. The summed E-state index contributed by atoms with van der Waals surface area (Å²) in [5.74, 6) is -4.82. The first kappa shape index (κ1) is 29.1. The molecule has 0 saturated carbocycles. The molecule has 0 aliphatic carbocycles. The maximum absolute atomic E-state index is 13.7. The highest BCUT2D eigenvalue weighted by atomic mass is 79.9. The van der Waals surface area contributed by atoms with Crippen LogP contribution in [0.5, 0.6) is 0 Å². The van der Waals surface area contributed by atoms with Crippen LogP contribution in [0.1, 0.15) is 18.5 Å². The van der Waals surface area contributed by atoms with Gasteiger partial charge >= 0.3 is 23.8 Å². The monoisotopic (exact) mass is 636 g/mol. The number of urea groups is 1. The van der Waals surface area contributed by atoms with Crippen LogP contribution in [-0.4, -0.2) is 104 Å². The number of nitrogens with zero attached hydrogens (tertiary/aromatic N) is 3. The van der Waals surface area contributed by atoms with E-state index in [1.165, 1.54) is 17.0 Å². The highest BCUT2D eigenvalue weighted by Gasteiger charge is 2.66. The smallest absolute Gasteiger partial charge is 0.352 e. The van der Waals surface area contributed by atoms with Crippen molar-refractivity contribution in [1.29, 1.82) is 0 Å². The lowest BCUT2D eigenvalue weighted by Gasteiger charge is -2.56. The standard InChI is InChI=1S/C24H25BrN6O8S/c1-2-29-8-9-30(19(35)18(29)34)23(39)27-15(13-6-4-3-5-7-13)17(33)28-24(26-12-32)21(38)31-16(20(36)37)14(10-25)11-40-22(24)31/h3-7,12,15,22H,2,8-11H2,1H3,(H,26,32)(H,27,39)(H,28,33)(H,36,37)/t15-,22-,24-/m1/s1. The summed E-state index contributed by atoms with van der Waals surface area (Å²) in [6.07, 6.45) is 0.216. The molecule has 3 aliphatic rings. The minimum Gasteiger partial charge on any atom is -0.477 e. The van der Waals surface area contributed by atoms with Gasteiger partial charge in [0.05, 0.1) is 0 Å². The van der Waals surface area contributed by atoms with E-state index in [9.17, 15) is 38.7 Å². The zero-order valence-corrected chi connectivity index (χ0v) is 23.5. The molecule has 4 N–H and O–H groups in total. The third kappa shape index (κ3) is 4.92. The maximum atomic E-state index is 13.7. The van der Waals surface area contributed by atoms with Gasteiger partial charge in [-0.25, -0.2) is 9.59 Å². The number of fused-ring (bicyclic) bond motifs is 1. The molecule has 40 heavy (non-hydrogen) atoms. The van der Waals surface area contributed by atoms with E-state index in [0.717, 1.165) is 16.7 Å². The Morgan fingerprint density at radius 2 is 1.88 bits per heavy atom. The first-order valence-electron chi connectivity index (χ1n) is 12.1. The van der Waals surface area contributed by atoms with Crippen LogP contribution in [0.4, 0.5) is 4.79 Å². The fraction of sp³-hybridized carbons (Fsp3) is 0.375. The third-order valence-corrected chi connectivity index (χ3v) is 8.79. The molecule has 16 heteroatoms. The number of carbonyl (C=O) groups excluding carboxylic acids is 6. The number of hydrogen-bond acceptors (Lipinski definition) is 8. The SMILES string of the molecule is CCN1CCN(C(=O)N[C@@H](C(=O)N[C@]2(NC=O)C(=O)N3C(C(=O)O)=C(CBr)CS[C@@H]32)c2ccccc2)C(=O)C1=O. The quantitative estimate of drug-likeness (QED) is 0.0897. The molecule has 0 aromatic heterocycles. The van der Waals surface area contributed by atoms with Crippen LogP contribution in [0.3, 0.4) is 0 Å². The van der Waals surface area contributed by atoms with Crippen LogP contribution in [0.25, 0.3) is 0 Å². The van der Waals surface area contributed by atoms with Gasteiger partial charge in [0.25, 0.3) is 5.91 Å². The number of aliphatic carboxylic acids is 1. The van der Waals surface area contributed by atoms with E-state index in [1.807, 2.05) is 0 Å². The number of likely N-dealkylation sites (N-methyl/N-ethyl adjacent to an activating group) is 1. The molecule has 212 valence electrons. The van der Waals surface area contributed by atoms with E-state index < -0.39 is 52.7 Å². The van der Waals surface area contributed by atoms with Crippen LogP contribution in [-0.2, 0) is 28.8 Å². The van der Waals surface area contributed by atoms with E-state index in [1.54, 1.807) is 25.1 Å². The Morgan fingerprint density at radius 1 is 1.18 bits per heavy atom. The molecule has 14 nitrogen and oxygen atoms in total. The van der Waals surface area contributed by atoms with Crippen molar-refractivity contribution in [1.82, 2.24) is 30.7 Å². The van der Waals surface area contributed by atoms with E-state index >= 15 is 0 Å². The largest absolute Gasteiger partial charge is 0.477 e. The number of amides is 7. The second-order valence-corrected chi connectivity index (χ2v) is 10.6. The zero-order chi connectivity index (χ0) is 29.2. The summed E-state index contributed by atoms with van der Waals surface area (Å²) in [4.78, 5) is 91.5. The average Bonchev–Trinajstić information content (AvgIpc) is 2.96. The number of carbonyl (C=O) groups is 7. The van der Waals surface area contributed by atoms with Crippen LogP contribution >= 0.6 is 27.7 Å². The summed E-state index contributed by atoms with van der Waals surface area (Å²) in [7, 11) is 0. The number of carboxylic acids is 1. The van der Waals surface area contributed by atoms with Gasteiger partial charge in [0.1, 0.15) is 17.1 Å². The van der Waals surface area contributed by atoms with Gasteiger partial charge in [0.2, 0.25) is 18.0 Å². The predicted molar refractivity (Wildman–Crippen MR) is 143 cm³/mol. The molecule has 3 heterocycles. The molecule has 0 spiro atoms. The molecule has 0 radical (unpaired) electrons. The summed E-state index contributed by atoms with van der Waals surface area (Å²) in [5.41, 5.74) is -1.51. The van der Waals surface area contributed by atoms with Crippen molar-refractivity contribution in [3.05, 3.63) is 47.2 Å². The second kappa shape index (κ2) is 11.7. The maximum Gasteiger partial charge on any atom is 0.352 e. The molecule has 2 saturated heterocycles. The number of nitrogens with one attached hydrogen (secondary N) is 3. The van der Waals surface area contributed by atoms with Crippen molar-refractivity contribution in [3.63, 3.8) is 0 Å². The molecule has 0 bridgehead atoms. The van der Waals surface area contributed by atoms with Crippen LogP contribution < -0.4 is 16.0 Å². The number of thioether (sulfide) groups is 1. The molecular formula is C24H25BrN6O8S. The number of hydrogen-bond donors (Lipinski definition) is 4. The van der Waals surface area contributed by atoms with E-state index in [0.29, 0.717) is 17.0 Å². The van der Waals surface area contributed by atoms with Gasteiger partial charge in [-0.1, -0.05) is 46.3 Å². The van der Waals surface area contributed by atoms with Crippen molar-refractivity contribution >= 4 is 69.7 Å². The summed E-state index contributed by atoms with van der Waals surface area (Å²) < 4.78 is 0. The van der Waals surface area contributed by atoms with E-state index in [2.05, 4.69) is 31.9 Å². The fourth-order valence-electron chi connectivity index (χ4n) is 4.68. The van der Waals surface area contributed by atoms with Crippen molar-refractivity contribution in [2.45, 2.75) is 24.0 Å². The summed E-state index contributed by atoms with van der Waals surface area (Å²) in [6, 6.07) is 5.50. The third-order valence-electron chi connectivity index (χ3n) is 6.72. The molecule has 1 aromatic carbocycles. The van der Waals surface area contributed by atoms with Crippen LogP contribution in [0.15, 0.2) is 41.6 Å². The normalized spacial score (nSPS) is 23.2. The number of benzene rings is 1. The Bertz CT molecular complexity index is 1310. The van der Waals surface area contributed by atoms with Gasteiger partial charge in [-0.3, -0.25) is 33.8 Å². The van der Waals surface area contributed by atoms with Crippen LogP contribution in [0.2, 0.25) is 0 Å².